The van der Waals surface area contributed by atoms with Crippen molar-refractivity contribution in [2.45, 2.75) is 76.7 Å². The maximum absolute atomic E-state index is 13.3. The molecule has 2 unspecified atom stereocenters. The van der Waals surface area contributed by atoms with Crippen LogP contribution in [-0.2, 0) is 16.1 Å². The fourth-order valence-electron chi connectivity index (χ4n) is 4.92. The Morgan fingerprint density at radius 2 is 1.68 bits per heavy atom. The number of carbonyl (C=O) groups excluding carboxylic acids is 2. The fraction of sp³-hybridized carbons (Fsp3) is 0.625. The highest BCUT2D eigenvalue weighted by molar-refractivity contribution is 7.99. The fourth-order valence-corrected chi connectivity index (χ4v) is 5.84. The Bertz CT molecular complexity index is 925. The zero-order valence-electron chi connectivity index (χ0n) is 18.9. The van der Waals surface area contributed by atoms with Crippen LogP contribution in [-0.4, -0.2) is 62.1 Å². The number of fused-ring (bicyclic) bond motifs is 1. The van der Waals surface area contributed by atoms with Crippen LogP contribution in [0.25, 0.3) is 11.0 Å². The Morgan fingerprint density at radius 1 is 1.00 bits per heavy atom. The average molecular weight is 443 g/mol. The third-order valence-electron chi connectivity index (χ3n) is 6.86. The van der Waals surface area contributed by atoms with Crippen molar-refractivity contribution in [1.29, 1.82) is 0 Å². The van der Waals surface area contributed by atoms with E-state index in [1.54, 1.807) is 0 Å². The van der Waals surface area contributed by atoms with E-state index in [2.05, 4.69) is 20.8 Å². The zero-order valence-corrected chi connectivity index (χ0v) is 19.7. The minimum absolute atomic E-state index is 0.140. The predicted molar refractivity (Wildman–Crippen MR) is 125 cm³/mol. The van der Waals surface area contributed by atoms with Gasteiger partial charge in [-0.05, 0) is 64.0 Å². The Labute approximate surface area is 189 Å². The van der Waals surface area contributed by atoms with Gasteiger partial charge in [0.15, 0.2) is 5.16 Å². The molecular weight excluding hydrogens is 408 g/mol. The maximum Gasteiger partial charge on any atom is 0.243 e. The first kappa shape index (κ1) is 22.2. The molecule has 4 rings (SSSR count). The van der Waals surface area contributed by atoms with Crippen LogP contribution in [0.5, 0.6) is 0 Å². The Morgan fingerprint density at radius 3 is 2.39 bits per heavy atom. The number of hydrogen-bond acceptors (Lipinski definition) is 4. The molecule has 1 aromatic carbocycles. The number of benzene rings is 1. The summed E-state index contributed by atoms with van der Waals surface area (Å²) in [7, 11) is 0. The minimum atomic E-state index is 0.140. The first-order valence-electron chi connectivity index (χ1n) is 11.6. The normalized spacial score (nSPS) is 22.8. The summed E-state index contributed by atoms with van der Waals surface area (Å²) in [6.45, 7) is 8.51. The van der Waals surface area contributed by atoms with E-state index in [1.807, 2.05) is 38.6 Å². The largest absolute Gasteiger partial charge is 0.342 e. The lowest BCUT2D eigenvalue weighted by Crippen LogP contribution is -2.48. The van der Waals surface area contributed by atoms with Crippen molar-refractivity contribution in [1.82, 2.24) is 19.4 Å². The molecule has 2 atom stereocenters. The van der Waals surface area contributed by atoms with Gasteiger partial charge in [-0.2, -0.15) is 0 Å². The highest BCUT2D eigenvalue weighted by Crippen LogP contribution is 2.27. The second kappa shape index (κ2) is 9.63. The molecule has 0 N–H and O–H groups in total. The van der Waals surface area contributed by atoms with Gasteiger partial charge >= 0.3 is 0 Å². The number of likely N-dealkylation sites (tertiary alicyclic amines) is 2. The lowest BCUT2D eigenvalue weighted by Gasteiger charge is -2.39. The molecular formula is C24H34N4O2S. The number of nitrogens with zero attached hydrogens (tertiary/aromatic N) is 4. The first-order chi connectivity index (χ1) is 14.9. The van der Waals surface area contributed by atoms with E-state index in [4.69, 9.17) is 4.98 Å². The van der Waals surface area contributed by atoms with Gasteiger partial charge in [-0.15, -0.1) is 0 Å². The van der Waals surface area contributed by atoms with Gasteiger partial charge in [0.2, 0.25) is 11.8 Å². The van der Waals surface area contributed by atoms with Gasteiger partial charge in [0.05, 0.1) is 16.8 Å². The van der Waals surface area contributed by atoms with E-state index >= 15 is 0 Å². The average Bonchev–Trinajstić information content (AvgIpc) is 3.10. The van der Waals surface area contributed by atoms with Crippen molar-refractivity contribution in [2.75, 3.05) is 18.8 Å². The lowest BCUT2D eigenvalue weighted by molar-refractivity contribution is -0.138. The van der Waals surface area contributed by atoms with Crippen LogP contribution >= 0.6 is 11.8 Å². The van der Waals surface area contributed by atoms with Gasteiger partial charge in [-0.1, -0.05) is 30.8 Å². The maximum atomic E-state index is 13.3. The van der Waals surface area contributed by atoms with Gasteiger partial charge < -0.3 is 14.4 Å². The molecule has 0 spiro atoms. The van der Waals surface area contributed by atoms with Crippen molar-refractivity contribution in [3.63, 3.8) is 0 Å². The Balaban J connectivity index is 1.50. The number of hydrogen-bond donors (Lipinski definition) is 0. The number of aromatic nitrogens is 2. The second-order valence-corrected chi connectivity index (χ2v) is 10.2. The van der Waals surface area contributed by atoms with E-state index in [0.717, 1.165) is 55.0 Å². The Hall–Kier alpha value is -2.02. The standard InChI is InChI=1S/C24H34N4O2S/c1-17-11-13-26(14-12-17)23(30)16-31-24-25-20-9-4-5-10-21(20)27(24)15-22(29)28-18(2)7-6-8-19(28)3/h4-5,9-10,17-19H,6-8,11-16H2,1-3H3. The van der Waals surface area contributed by atoms with Gasteiger partial charge in [-0.3, -0.25) is 9.59 Å². The number of imidazole rings is 1. The predicted octanol–water partition coefficient (Wildman–Crippen LogP) is 4.18. The van der Waals surface area contributed by atoms with Gasteiger partial charge in [0.25, 0.3) is 0 Å². The highest BCUT2D eigenvalue weighted by Gasteiger charge is 2.30. The number of thioether (sulfide) groups is 1. The van der Waals surface area contributed by atoms with Crippen molar-refractivity contribution < 1.29 is 9.59 Å². The molecule has 2 amide bonds. The number of amides is 2. The van der Waals surface area contributed by atoms with Crippen LogP contribution < -0.4 is 0 Å². The van der Waals surface area contributed by atoms with E-state index in [1.165, 1.54) is 18.2 Å². The molecule has 2 aromatic rings. The monoisotopic (exact) mass is 442 g/mol. The van der Waals surface area contributed by atoms with Gasteiger partial charge in [-0.25, -0.2) is 4.98 Å². The van der Waals surface area contributed by atoms with Crippen LogP contribution in [0.4, 0.5) is 0 Å². The summed E-state index contributed by atoms with van der Waals surface area (Å²) in [6, 6.07) is 8.46. The van der Waals surface area contributed by atoms with Crippen LogP contribution in [0.2, 0.25) is 0 Å². The topological polar surface area (TPSA) is 58.4 Å². The number of para-hydroxylation sites is 2. The number of carbonyl (C=O) groups is 2. The van der Waals surface area contributed by atoms with Crippen LogP contribution in [0.3, 0.4) is 0 Å². The first-order valence-corrected chi connectivity index (χ1v) is 12.6. The summed E-state index contributed by atoms with van der Waals surface area (Å²) in [5.41, 5.74) is 1.83. The molecule has 2 aliphatic rings. The molecule has 0 radical (unpaired) electrons. The summed E-state index contributed by atoms with van der Waals surface area (Å²) in [5, 5.41) is 0.755. The summed E-state index contributed by atoms with van der Waals surface area (Å²) < 4.78 is 2.00. The highest BCUT2D eigenvalue weighted by atomic mass is 32.2. The van der Waals surface area contributed by atoms with E-state index in [9.17, 15) is 9.59 Å². The van der Waals surface area contributed by atoms with Crippen molar-refractivity contribution in [2.24, 2.45) is 5.92 Å². The van der Waals surface area contributed by atoms with Crippen LogP contribution in [0, 0.1) is 5.92 Å². The summed E-state index contributed by atoms with van der Waals surface area (Å²) in [5.74, 6) is 1.37. The summed E-state index contributed by atoms with van der Waals surface area (Å²) in [6.07, 6.45) is 5.46. The molecule has 0 aliphatic carbocycles. The third-order valence-corrected chi connectivity index (χ3v) is 7.82. The molecule has 7 heteroatoms. The molecule has 2 saturated heterocycles. The molecule has 0 bridgehead atoms. The third kappa shape index (κ3) is 4.92. The lowest BCUT2D eigenvalue weighted by atomic mass is 9.97. The van der Waals surface area contributed by atoms with Gasteiger partial charge in [0, 0.05) is 25.2 Å². The summed E-state index contributed by atoms with van der Waals surface area (Å²) in [4.78, 5) is 34.8. The SMILES string of the molecule is CC1CCN(C(=O)CSc2nc3ccccc3n2CC(=O)N2C(C)CCCC2C)CC1. The second-order valence-electron chi connectivity index (χ2n) is 9.25. The minimum Gasteiger partial charge on any atom is -0.342 e. The smallest absolute Gasteiger partial charge is 0.243 e. The van der Waals surface area contributed by atoms with Gasteiger partial charge in [0.1, 0.15) is 6.54 Å². The van der Waals surface area contributed by atoms with Crippen molar-refractivity contribution in [3.05, 3.63) is 24.3 Å². The van der Waals surface area contributed by atoms with Crippen molar-refractivity contribution >= 4 is 34.6 Å². The van der Waals surface area contributed by atoms with Crippen LogP contribution in [0.15, 0.2) is 29.4 Å². The van der Waals surface area contributed by atoms with E-state index < -0.39 is 0 Å². The summed E-state index contributed by atoms with van der Waals surface area (Å²) >= 11 is 1.46. The zero-order chi connectivity index (χ0) is 22.0. The Kier molecular flexibility index (Phi) is 6.89. The van der Waals surface area contributed by atoms with Crippen LogP contribution in [0.1, 0.15) is 52.9 Å². The molecule has 31 heavy (non-hydrogen) atoms. The van der Waals surface area contributed by atoms with E-state index in [-0.39, 0.29) is 30.4 Å². The van der Waals surface area contributed by atoms with Crippen molar-refractivity contribution in [3.8, 4) is 0 Å². The molecule has 3 heterocycles. The molecule has 1 aromatic heterocycles. The molecule has 6 nitrogen and oxygen atoms in total. The number of piperidine rings is 2. The molecule has 0 saturated carbocycles. The number of rotatable bonds is 5. The molecule has 2 aliphatic heterocycles. The quantitative estimate of drug-likeness (QED) is 0.652. The molecule has 168 valence electrons. The molecule has 2 fully saturated rings. The van der Waals surface area contributed by atoms with E-state index in [0.29, 0.717) is 11.7 Å².